The van der Waals surface area contributed by atoms with Crippen molar-refractivity contribution in [2.75, 3.05) is 13.4 Å². The van der Waals surface area contributed by atoms with E-state index in [1.54, 1.807) is 6.92 Å². The van der Waals surface area contributed by atoms with Crippen molar-refractivity contribution in [2.45, 2.75) is 27.0 Å². The molecule has 10 heavy (non-hydrogen) atoms. The fourth-order valence-electron chi connectivity index (χ4n) is 0.439. The molecular formula is C7H17NO2. The van der Waals surface area contributed by atoms with Crippen LogP contribution in [0.4, 0.5) is 0 Å². The van der Waals surface area contributed by atoms with E-state index in [0.29, 0.717) is 12.7 Å². The maximum Gasteiger partial charge on any atom is 0.148 e. The van der Waals surface area contributed by atoms with Crippen LogP contribution in [-0.2, 0) is 9.47 Å². The minimum absolute atomic E-state index is 0.229. The monoisotopic (exact) mass is 147 g/mol. The summed E-state index contributed by atoms with van der Waals surface area (Å²) in [6, 6.07) is 0. The van der Waals surface area contributed by atoms with Crippen LogP contribution in [0.2, 0.25) is 0 Å². The van der Waals surface area contributed by atoms with E-state index in [9.17, 15) is 0 Å². The number of ether oxygens (including phenoxy) is 2. The summed E-state index contributed by atoms with van der Waals surface area (Å²) in [7, 11) is 0. The molecule has 62 valence electrons. The summed E-state index contributed by atoms with van der Waals surface area (Å²) in [6.07, 6.45) is -0.229. The smallest absolute Gasteiger partial charge is 0.148 e. The first-order valence-electron chi connectivity index (χ1n) is 3.58. The molecule has 0 aliphatic heterocycles. The van der Waals surface area contributed by atoms with Crippen molar-refractivity contribution >= 4 is 0 Å². The van der Waals surface area contributed by atoms with Gasteiger partial charge in [0.15, 0.2) is 0 Å². The molecule has 0 saturated heterocycles. The Balaban J connectivity index is 2.91. The summed E-state index contributed by atoms with van der Waals surface area (Å²) >= 11 is 0. The highest BCUT2D eigenvalue weighted by atomic mass is 16.7. The molecule has 0 aliphatic carbocycles. The van der Waals surface area contributed by atoms with E-state index in [4.69, 9.17) is 15.2 Å². The summed E-state index contributed by atoms with van der Waals surface area (Å²) in [5.41, 5.74) is 5.31. The zero-order chi connectivity index (χ0) is 7.98. The molecule has 0 rings (SSSR count). The molecule has 0 heterocycles. The highest BCUT2D eigenvalue weighted by Crippen LogP contribution is 1.92. The molecule has 0 amide bonds. The Labute approximate surface area is 62.5 Å². The third-order valence-corrected chi connectivity index (χ3v) is 0.865. The van der Waals surface area contributed by atoms with Gasteiger partial charge in [-0.3, -0.25) is 0 Å². The number of hydrogen-bond acceptors (Lipinski definition) is 3. The van der Waals surface area contributed by atoms with Gasteiger partial charge in [-0.1, -0.05) is 13.8 Å². The highest BCUT2D eigenvalue weighted by molar-refractivity contribution is 4.37. The topological polar surface area (TPSA) is 44.5 Å². The second-order valence-corrected chi connectivity index (χ2v) is 2.75. The summed E-state index contributed by atoms with van der Waals surface area (Å²) < 4.78 is 10.1. The van der Waals surface area contributed by atoms with Crippen molar-refractivity contribution in [3.05, 3.63) is 0 Å². The van der Waals surface area contributed by atoms with Crippen LogP contribution < -0.4 is 5.73 Å². The second kappa shape index (κ2) is 5.65. The van der Waals surface area contributed by atoms with Crippen molar-refractivity contribution in [3.63, 3.8) is 0 Å². The lowest BCUT2D eigenvalue weighted by molar-refractivity contribution is -0.0880. The minimum Gasteiger partial charge on any atom is -0.355 e. The van der Waals surface area contributed by atoms with Gasteiger partial charge < -0.3 is 15.2 Å². The molecule has 3 nitrogen and oxygen atoms in total. The predicted molar refractivity (Wildman–Crippen MR) is 40.4 cm³/mol. The Morgan fingerprint density at radius 2 is 1.90 bits per heavy atom. The molecule has 0 aromatic carbocycles. The quantitative estimate of drug-likeness (QED) is 0.465. The fourth-order valence-corrected chi connectivity index (χ4v) is 0.439. The van der Waals surface area contributed by atoms with Crippen LogP contribution in [-0.4, -0.2) is 19.6 Å². The Bertz CT molecular complexity index is 64.0. The Kier molecular flexibility index (Phi) is 5.58. The lowest BCUT2D eigenvalue weighted by Crippen LogP contribution is -2.21. The number of nitrogens with two attached hydrogens (primary N) is 1. The molecule has 0 bridgehead atoms. The first-order valence-corrected chi connectivity index (χ1v) is 3.58. The first kappa shape index (κ1) is 9.88. The van der Waals surface area contributed by atoms with Crippen LogP contribution in [0.15, 0.2) is 0 Å². The van der Waals surface area contributed by atoms with Gasteiger partial charge in [0.2, 0.25) is 0 Å². The van der Waals surface area contributed by atoms with E-state index < -0.39 is 0 Å². The number of hydrogen-bond donors (Lipinski definition) is 1. The van der Waals surface area contributed by atoms with E-state index in [1.165, 1.54) is 0 Å². The molecular weight excluding hydrogens is 130 g/mol. The van der Waals surface area contributed by atoms with Crippen LogP contribution in [0.3, 0.4) is 0 Å². The number of rotatable bonds is 5. The van der Waals surface area contributed by atoms with Crippen molar-refractivity contribution < 1.29 is 9.47 Å². The van der Waals surface area contributed by atoms with Gasteiger partial charge in [-0.2, -0.15) is 0 Å². The van der Waals surface area contributed by atoms with Gasteiger partial charge in [-0.15, -0.1) is 0 Å². The predicted octanol–water partition coefficient (Wildman–Crippen LogP) is 0.938. The summed E-state index contributed by atoms with van der Waals surface area (Å²) in [5.74, 6) is 0.552. The standard InChI is InChI=1S/C7H17NO2/c1-6(2)4-9-5-10-7(3)8/h6-7H,4-5,8H2,1-3H3. The van der Waals surface area contributed by atoms with E-state index in [0.717, 1.165) is 6.61 Å². The third-order valence-electron chi connectivity index (χ3n) is 0.865. The second-order valence-electron chi connectivity index (χ2n) is 2.75. The molecule has 3 heteroatoms. The van der Waals surface area contributed by atoms with Crippen molar-refractivity contribution in [2.24, 2.45) is 11.7 Å². The lowest BCUT2D eigenvalue weighted by Gasteiger charge is -2.09. The SMILES string of the molecule is CC(C)COCOC(C)N. The molecule has 0 aromatic rings. The van der Waals surface area contributed by atoms with E-state index in [2.05, 4.69) is 13.8 Å². The van der Waals surface area contributed by atoms with Gasteiger partial charge in [0.25, 0.3) is 0 Å². The van der Waals surface area contributed by atoms with Crippen LogP contribution in [0, 0.1) is 5.92 Å². The van der Waals surface area contributed by atoms with Gasteiger partial charge in [-0.05, 0) is 12.8 Å². The normalized spacial score (nSPS) is 14.1. The fraction of sp³-hybridized carbons (Fsp3) is 1.00. The molecule has 0 fully saturated rings. The largest absolute Gasteiger partial charge is 0.355 e. The Morgan fingerprint density at radius 1 is 1.30 bits per heavy atom. The van der Waals surface area contributed by atoms with Crippen LogP contribution in [0.5, 0.6) is 0 Å². The van der Waals surface area contributed by atoms with Crippen molar-refractivity contribution in [1.82, 2.24) is 0 Å². The van der Waals surface area contributed by atoms with Gasteiger partial charge in [0, 0.05) is 0 Å². The van der Waals surface area contributed by atoms with E-state index in [-0.39, 0.29) is 6.23 Å². The van der Waals surface area contributed by atoms with Crippen LogP contribution in [0.25, 0.3) is 0 Å². The molecule has 0 aromatic heterocycles. The van der Waals surface area contributed by atoms with Crippen LogP contribution in [0.1, 0.15) is 20.8 Å². The Hall–Kier alpha value is -0.120. The van der Waals surface area contributed by atoms with Gasteiger partial charge in [0.1, 0.15) is 13.0 Å². The average molecular weight is 147 g/mol. The van der Waals surface area contributed by atoms with E-state index in [1.807, 2.05) is 0 Å². The molecule has 1 unspecified atom stereocenters. The minimum atomic E-state index is -0.229. The zero-order valence-corrected chi connectivity index (χ0v) is 6.96. The summed E-state index contributed by atoms with van der Waals surface area (Å²) in [5, 5.41) is 0. The first-order chi connectivity index (χ1) is 4.63. The van der Waals surface area contributed by atoms with Gasteiger partial charge in [0.05, 0.1) is 6.61 Å². The van der Waals surface area contributed by atoms with Crippen molar-refractivity contribution in [3.8, 4) is 0 Å². The summed E-state index contributed by atoms with van der Waals surface area (Å²) in [6.45, 7) is 6.99. The van der Waals surface area contributed by atoms with Crippen molar-refractivity contribution in [1.29, 1.82) is 0 Å². The molecule has 0 saturated carbocycles. The molecule has 0 radical (unpaired) electrons. The van der Waals surface area contributed by atoms with Crippen LogP contribution >= 0.6 is 0 Å². The van der Waals surface area contributed by atoms with Gasteiger partial charge in [-0.25, -0.2) is 0 Å². The molecule has 1 atom stereocenters. The zero-order valence-electron chi connectivity index (χ0n) is 6.96. The van der Waals surface area contributed by atoms with E-state index >= 15 is 0 Å². The average Bonchev–Trinajstić information content (AvgIpc) is 1.79. The maximum absolute atomic E-state index is 5.31. The maximum atomic E-state index is 5.31. The Morgan fingerprint density at radius 3 is 2.30 bits per heavy atom. The molecule has 0 spiro atoms. The van der Waals surface area contributed by atoms with Gasteiger partial charge >= 0.3 is 0 Å². The molecule has 2 N–H and O–H groups in total. The summed E-state index contributed by atoms with van der Waals surface area (Å²) in [4.78, 5) is 0. The molecule has 0 aliphatic rings. The highest BCUT2D eigenvalue weighted by Gasteiger charge is 1.94. The lowest BCUT2D eigenvalue weighted by atomic mass is 10.2. The third kappa shape index (κ3) is 7.88.